The number of hydrogen-bond donors (Lipinski definition) is 1. The highest BCUT2D eigenvalue weighted by atomic mass is 16.5. The van der Waals surface area contributed by atoms with Gasteiger partial charge in [0.2, 0.25) is 0 Å². The average molecular weight is 333 g/mol. The summed E-state index contributed by atoms with van der Waals surface area (Å²) in [4.78, 5) is 20.8. The highest BCUT2D eigenvalue weighted by Crippen LogP contribution is 2.20. The van der Waals surface area contributed by atoms with Crippen LogP contribution in [0.15, 0.2) is 60.9 Å². The minimum Gasteiger partial charge on any atom is -0.497 e. The molecule has 0 aliphatic rings. The maximum absolute atomic E-state index is 12.3. The first-order valence-electron chi connectivity index (χ1n) is 7.96. The highest BCUT2D eigenvalue weighted by molar-refractivity contribution is 5.95. The second-order valence-electron chi connectivity index (χ2n) is 5.62. The van der Waals surface area contributed by atoms with Gasteiger partial charge in [0.25, 0.3) is 5.91 Å². The Morgan fingerprint density at radius 1 is 1.08 bits per heavy atom. The van der Waals surface area contributed by atoms with Crippen molar-refractivity contribution in [1.82, 2.24) is 15.3 Å². The normalized spacial score (nSPS) is 10.3. The van der Waals surface area contributed by atoms with Crippen molar-refractivity contribution in [2.75, 3.05) is 7.11 Å². The zero-order valence-corrected chi connectivity index (χ0v) is 14.2. The van der Waals surface area contributed by atoms with Gasteiger partial charge in [0, 0.05) is 11.1 Å². The third-order valence-electron chi connectivity index (χ3n) is 3.93. The van der Waals surface area contributed by atoms with Gasteiger partial charge in [0.15, 0.2) is 0 Å². The Kier molecular flexibility index (Phi) is 5.04. The minimum absolute atomic E-state index is 0.109. The van der Waals surface area contributed by atoms with Crippen molar-refractivity contribution in [3.63, 3.8) is 0 Å². The van der Waals surface area contributed by atoms with Crippen LogP contribution >= 0.6 is 0 Å². The topological polar surface area (TPSA) is 64.1 Å². The molecule has 1 heterocycles. The molecule has 0 saturated heterocycles. The fourth-order valence-electron chi connectivity index (χ4n) is 2.51. The van der Waals surface area contributed by atoms with Crippen LogP contribution in [0, 0.1) is 6.92 Å². The lowest BCUT2D eigenvalue weighted by Gasteiger charge is -2.08. The predicted molar refractivity (Wildman–Crippen MR) is 96.4 cm³/mol. The van der Waals surface area contributed by atoms with E-state index in [2.05, 4.69) is 15.3 Å². The first-order chi connectivity index (χ1) is 12.2. The zero-order chi connectivity index (χ0) is 17.6. The Hall–Kier alpha value is -3.21. The summed E-state index contributed by atoms with van der Waals surface area (Å²) in [5.41, 5.74) is 4.14. The van der Waals surface area contributed by atoms with Gasteiger partial charge in [-0.25, -0.2) is 9.97 Å². The molecule has 1 amide bonds. The lowest BCUT2D eigenvalue weighted by Crippen LogP contribution is -2.24. The number of amides is 1. The fraction of sp³-hybridized carbons (Fsp3) is 0.150. The van der Waals surface area contributed by atoms with Gasteiger partial charge < -0.3 is 10.1 Å². The SMILES string of the molecule is COc1ccc(-c2cc(CNC(=O)c3ccccc3C)ncn2)cc1. The van der Waals surface area contributed by atoms with Crippen LogP contribution in [-0.2, 0) is 6.54 Å². The molecule has 5 nitrogen and oxygen atoms in total. The number of ether oxygens (including phenoxy) is 1. The van der Waals surface area contributed by atoms with E-state index in [-0.39, 0.29) is 5.91 Å². The molecule has 0 unspecified atom stereocenters. The van der Waals surface area contributed by atoms with Gasteiger partial charge >= 0.3 is 0 Å². The molecule has 3 aromatic rings. The van der Waals surface area contributed by atoms with Gasteiger partial charge in [-0.3, -0.25) is 4.79 Å². The summed E-state index contributed by atoms with van der Waals surface area (Å²) in [6, 6.07) is 17.0. The molecule has 0 atom stereocenters. The van der Waals surface area contributed by atoms with Crippen molar-refractivity contribution in [3.8, 4) is 17.0 Å². The van der Waals surface area contributed by atoms with E-state index in [1.165, 1.54) is 6.33 Å². The molecule has 2 aromatic carbocycles. The summed E-state index contributed by atoms with van der Waals surface area (Å²) in [5.74, 6) is 0.686. The van der Waals surface area contributed by atoms with Gasteiger partial charge in [-0.2, -0.15) is 0 Å². The smallest absolute Gasteiger partial charge is 0.251 e. The van der Waals surface area contributed by atoms with E-state index < -0.39 is 0 Å². The van der Waals surface area contributed by atoms with Crippen LogP contribution in [0.2, 0.25) is 0 Å². The van der Waals surface area contributed by atoms with Crippen LogP contribution in [0.3, 0.4) is 0 Å². The van der Waals surface area contributed by atoms with E-state index in [1.54, 1.807) is 7.11 Å². The van der Waals surface area contributed by atoms with Crippen LogP contribution in [0.4, 0.5) is 0 Å². The monoisotopic (exact) mass is 333 g/mol. The Morgan fingerprint density at radius 2 is 1.84 bits per heavy atom. The summed E-state index contributed by atoms with van der Waals surface area (Å²) in [7, 11) is 1.63. The van der Waals surface area contributed by atoms with Crippen LogP contribution in [0.1, 0.15) is 21.6 Å². The molecule has 1 N–H and O–H groups in total. The maximum Gasteiger partial charge on any atom is 0.251 e. The molecule has 3 rings (SSSR count). The van der Waals surface area contributed by atoms with E-state index >= 15 is 0 Å². The van der Waals surface area contributed by atoms with Gasteiger partial charge in [0.1, 0.15) is 12.1 Å². The van der Waals surface area contributed by atoms with E-state index in [0.717, 1.165) is 28.3 Å². The summed E-state index contributed by atoms with van der Waals surface area (Å²) in [5, 5.41) is 2.90. The summed E-state index contributed by atoms with van der Waals surface area (Å²) in [6.45, 7) is 2.26. The van der Waals surface area contributed by atoms with Gasteiger partial charge in [-0.1, -0.05) is 18.2 Å². The fourth-order valence-corrected chi connectivity index (χ4v) is 2.51. The van der Waals surface area contributed by atoms with Crippen molar-refractivity contribution in [2.24, 2.45) is 0 Å². The molecule has 0 fully saturated rings. The molecule has 25 heavy (non-hydrogen) atoms. The van der Waals surface area contributed by atoms with Crippen molar-refractivity contribution >= 4 is 5.91 Å². The number of aromatic nitrogens is 2. The van der Waals surface area contributed by atoms with Crippen molar-refractivity contribution in [2.45, 2.75) is 13.5 Å². The second-order valence-corrected chi connectivity index (χ2v) is 5.62. The molecule has 5 heteroatoms. The van der Waals surface area contributed by atoms with Crippen LogP contribution in [0.25, 0.3) is 11.3 Å². The van der Waals surface area contributed by atoms with Crippen molar-refractivity contribution < 1.29 is 9.53 Å². The zero-order valence-electron chi connectivity index (χ0n) is 14.2. The van der Waals surface area contributed by atoms with Crippen molar-refractivity contribution in [1.29, 1.82) is 0 Å². The third kappa shape index (κ3) is 4.01. The first-order valence-corrected chi connectivity index (χ1v) is 7.96. The second kappa shape index (κ2) is 7.57. The molecule has 126 valence electrons. The molecule has 0 saturated carbocycles. The van der Waals surface area contributed by atoms with Crippen molar-refractivity contribution in [3.05, 3.63) is 77.7 Å². The number of methoxy groups -OCH3 is 1. The molecular formula is C20H19N3O2. The molecule has 0 radical (unpaired) electrons. The third-order valence-corrected chi connectivity index (χ3v) is 3.93. The predicted octanol–water partition coefficient (Wildman–Crippen LogP) is 3.39. The number of aryl methyl sites for hydroxylation is 1. The van der Waals surface area contributed by atoms with E-state index in [9.17, 15) is 4.79 Å². The van der Waals surface area contributed by atoms with E-state index in [0.29, 0.717) is 12.1 Å². The lowest BCUT2D eigenvalue weighted by atomic mass is 10.1. The number of rotatable bonds is 5. The lowest BCUT2D eigenvalue weighted by molar-refractivity contribution is 0.0950. The standard InChI is InChI=1S/C20H19N3O2/c1-14-5-3-4-6-18(14)20(24)21-12-16-11-19(23-13-22-16)15-7-9-17(25-2)10-8-15/h3-11,13H,12H2,1-2H3,(H,21,24). The maximum atomic E-state index is 12.3. The minimum atomic E-state index is -0.109. The average Bonchev–Trinajstić information content (AvgIpc) is 2.67. The number of hydrogen-bond acceptors (Lipinski definition) is 4. The quantitative estimate of drug-likeness (QED) is 0.777. The number of nitrogens with zero attached hydrogens (tertiary/aromatic N) is 2. The number of nitrogens with one attached hydrogen (secondary N) is 1. The van der Waals surface area contributed by atoms with Crippen LogP contribution in [-0.4, -0.2) is 23.0 Å². The van der Waals surface area contributed by atoms with Crippen LogP contribution in [0.5, 0.6) is 5.75 Å². The van der Waals surface area contributed by atoms with Crippen LogP contribution < -0.4 is 10.1 Å². The largest absolute Gasteiger partial charge is 0.497 e. The Bertz CT molecular complexity index is 876. The number of carbonyl (C=O) groups is 1. The van der Waals surface area contributed by atoms with Gasteiger partial charge in [-0.15, -0.1) is 0 Å². The first kappa shape index (κ1) is 16.6. The number of benzene rings is 2. The molecule has 0 aliphatic carbocycles. The molecule has 0 aliphatic heterocycles. The molecular weight excluding hydrogens is 314 g/mol. The van der Waals surface area contributed by atoms with E-state index in [1.807, 2.05) is 61.5 Å². The number of carbonyl (C=O) groups excluding carboxylic acids is 1. The summed E-state index contributed by atoms with van der Waals surface area (Å²) >= 11 is 0. The Balaban J connectivity index is 1.71. The Labute approximate surface area is 146 Å². The summed E-state index contributed by atoms with van der Waals surface area (Å²) < 4.78 is 5.17. The Morgan fingerprint density at radius 3 is 2.56 bits per heavy atom. The molecule has 1 aromatic heterocycles. The molecule has 0 bridgehead atoms. The van der Waals surface area contributed by atoms with E-state index in [4.69, 9.17) is 4.74 Å². The van der Waals surface area contributed by atoms with Gasteiger partial charge in [0.05, 0.1) is 25.0 Å². The summed E-state index contributed by atoms with van der Waals surface area (Å²) in [6.07, 6.45) is 1.51. The highest BCUT2D eigenvalue weighted by Gasteiger charge is 2.09. The molecule has 0 spiro atoms. The van der Waals surface area contributed by atoms with Gasteiger partial charge in [-0.05, 0) is 48.9 Å².